The van der Waals surface area contributed by atoms with Crippen molar-refractivity contribution in [3.63, 3.8) is 0 Å². The van der Waals surface area contributed by atoms with Crippen molar-refractivity contribution in [2.75, 3.05) is 5.32 Å². The second-order valence-corrected chi connectivity index (χ2v) is 7.09. The first-order chi connectivity index (χ1) is 13.7. The van der Waals surface area contributed by atoms with E-state index in [2.05, 4.69) is 20.4 Å². The number of aromatic nitrogens is 4. The van der Waals surface area contributed by atoms with E-state index in [9.17, 15) is 4.79 Å². The summed E-state index contributed by atoms with van der Waals surface area (Å²) in [6.07, 6.45) is 5.20. The van der Waals surface area contributed by atoms with Crippen molar-refractivity contribution in [3.05, 3.63) is 90.5 Å². The Balaban J connectivity index is 1.47. The third kappa shape index (κ3) is 4.10. The van der Waals surface area contributed by atoms with Crippen LogP contribution in [0.3, 0.4) is 0 Å². The van der Waals surface area contributed by atoms with Crippen LogP contribution in [0.5, 0.6) is 0 Å². The second-order valence-electron chi connectivity index (χ2n) is 6.05. The zero-order valence-electron chi connectivity index (χ0n) is 15.1. The van der Waals surface area contributed by atoms with Crippen LogP contribution in [-0.4, -0.2) is 25.7 Å². The Labute approximate surface area is 166 Å². The van der Waals surface area contributed by atoms with E-state index in [-0.39, 0.29) is 5.91 Å². The van der Waals surface area contributed by atoms with Gasteiger partial charge in [0.15, 0.2) is 10.9 Å². The molecule has 2 aromatic carbocycles. The third-order valence-corrected chi connectivity index (χ3v) is 4.92. The van der Waals surface area contributed by atoms with Crippen LogP contribution in [0.2, 0.25) is 0 Å². The molecule has 0 spiro atoms. The van der Waals surface area contributed by atoms with Crippen LogP contribution in [0.1, 0.15) is 16.1 Å². The summed E-state index contributed by atoms with van der Waals surface area (Å²) >= 11 is 1.48. The number of benzene rings is 2. The van der Waals surface area contributed by atoms with Crippen molar-refractivity contribution in [2.24, 2.45) is 0 Å². The maximum Gasteiger partial charge on any atom is 0.276 e. The van der Waals surface area contributed by atoms with E-state index in [1.807, 2.05) is 55.5 Å². The first-order valence-corrected chi connectivity index (χ1v) is 9.49. The number of aryl methyl sites for hydroxylation is 1. The van der Waals surface area contributed by atoms with Crippen LogP contribution in [0.15, 0.2) is 89.3 Å². The molecule has 0 atom stereocenters. The summed E-state index contributed by atoms with van der Waals surface area (Å²) in [5.41, 5.74) is 2.97. The molecule has 0 saturated heterocycles. The van der Waals surface area contributed by atoms with Gasteiger partial charge in [-0.3, -0.25) is 4.79 Å². The molecule has 0 aliphatic carbocycles. The van der Waals surface area contributed by atoms with Crippen LogP contribution in [0.4, 0.5) is 5.69 Å². The number of nitrogens with zero attached hydrogens (tertiary/aromatic N) is 4. The normalized spacial score (nSPS) is 10.6. The third-order valence-electron chi connectivity index (χ3n) is 4.04. The van der Waals surface area contributed by atoms with Gasteiger partial charge in [0.05, 0.1) is 5.69 Å². The molecule has 2 aromatic heterocycles. The molecule has 0 aliphatic heterocycles. The van der Waals surface area contributed by atoms with E-state index in [0.29, 0.717) is 10.9 Å². The standard InChI is InChI=1S/C21H17N5OS/c1-15-14-17(28-21-22-11-5-12-23-21)8-9-18(15)24-20(27)19-10-13-26(25-19)16-6-3-2-4-7-16/h2-14H,1H3,(H,24,27). The molecule has 4 aromatic rings. The van der Waals surface area contributed by atoms with Gasteiger partial charge in [0.1, 0.15) is 0 Å². The molecule has 0 aliphatic rings. The number of carbonyl (C=O) groups excluding carboxylic acids is 1. The molecule has 0 radical (unpaired) electrons. The average molecular weight is 387 g/mol. The Morgan fingerprint density at radius 3 is 2.54 bits per heavy atom. The summed E-state index contributed by atoms with van der Waals surface area (Å²) in [5.74, 6) is -0.246. The summed E-state index contributed by atoms with van der Waals surface area (Å²) in [7, 11) is 0. The van der Waals surface area contributed by atoms with Crippen molar-refractivity contribution >= 4 is 23.4 Å². The molecule has 0 unspecified atom stereocenters. The minimum Gasteiger partial charge on any atom is -0.320 e. The fourth-order valence-corrected chi connectivity index (χ4v) is 3.45. The SMILES string of the molecule is Cc1cc(Sc2ncccn2)ccc1NC(=O)c1ccn(-c2ccccc2)n1. The molecule has 4 rings (SSSR count). The van der Waals surface area contributed by atoms with E-state index < -0.39 is 0 Å². The molecule has 0 fully saturated rings. The summed E-state index contributed by atoms with van der Waals surface area (Å²) in [5, 5.41) is 7.98. The molecular formula is C21H17N5OS. The van der Waals surface area contributed by atoms with Crippen molar-refractivity contribution in [1.82, 2.24) is 19.7 Å². The van der Waals surface area contributed by atoms with Gasteiger partial charge >= 0.3 is 0 Å². The Morgan fingerprint density at radius 1 is 1.00 bits per heavy atom. The van der Waals surface area contributed by atoms with E-state index >= 15 is 0 Å². The van der Waals surface area contributed by atoms with Crippen LogP contribution in [0, 0.1) is 6.92 Å². The summed E-state index contributed by atoms with van der Waals surface area (Å²) in [6, 6.07) is 19.0. The lowest BCUT2D eigenvalue weighted by Crippen LogP contribution is -2.14. The number of amides is 1. The smallest absolute Gasteiger partial charge is 0.276 e. The molecule has 138 valence electrons. The van der Waals surface area contributed by atoms with E-state index in [4.69, 9.17) is 0 Å². The molecule has 0 saturated carbocycles. The minimum absolute atomic E-state index is 0.246. The van der Waals surface area contributed by atoms with E-state index in [1.165, 1.54) is 11.8 Å². The summed E-state index contributed by atoms with van der Waals surface area (Å²) in [6.45, 7) is 1.95. The number of anilines is 1. The number of nitrogens with one attached hydrogen (secondary N) is 1. The van der Waals surface area contributed by atoms with Crippen molar-refractivity contribution in [3.8, 4) is 5.69 Å². The number of hydrogen-bond donors (Lipinski definition) is 1. The van der Waals surface area contributed by atoms with Gasteiger partial charge < -0.3 is 5.32 Å². The summed E-state index contributed by atoms with van der Waals surface area (Å²) in [4.78, 5) is 22.0. The van der Waals surface area contributed by atoms with Gasteiger partial charge in [0.2, 0.25) is 0 Å². The first kappa shape index (κ1) is 17.9. The van der Waals surface area contributed by atoms with Crippen molar-refractivity contribution in [1.29, 1.82) is 0 Å². The predicted molar refractivity (Wildman–Crippen MR) is 109 cm³/mol. The number of carbonyl (C=O) groups is 1. The minimum atomic E-state index is -0.246. The molecular weight excluding hydrogens is 370 g/mol. The quantitative estimate of drug-likeness (QED) is 0.515. The van der Waals surface area contributed by atoms with Gasteiger partial charge in [-0.25, -0.2) is 14.6 Å². The Hall–Kier alpha value is -3.45. The number of hydrogen-bond acceptors (Lipinski definition) is 5. The zero-order chi connectivity index (χ0) is 19.3. The van der Waals surface area contributed by atoms with E-state index in [0.717, 1.165) is 21.8 Å². The lowest BCUT2D eigenvalue weighted by molar-refractivity contribution is 0.102. The fraction of sp³-hybridized carbons (Fsp3) is 0.0476. The van der Waals surface area contributed by atoms with Gasteiger partial charge in [0, 0.05) is 29.2 Å². The van der Waals surface area contributed by atoms with Gasteiger partial charge in [-0.1, -0.05) is 18.2 Å². The average Bonchev–Trinajstić information content (AvgIpc) is 3.22. The highest BCUT2D eigenvalue weighted by Gasteiger charge is 2.12. The van der Waals surface area contributed by atoms with Gasteiger partial charge in [-0.2, -0.15) is 5.10 Å². The van der Waals surface area contributed by atoms with Crippen LogP contribution in [-0.2, 0) is 0 Å². The predicted octanol–water partition coefficient (Wildman–Crippen LogP) is 4.37. The van der Waals surface area contributed by atoms with Gasteiger partial charge in [-0.05, 0) is 66.7 Å². The van der Waals surface area contributed by atoms with E-state index in [1.54, 1.807) is 35.4 Å². The monoisotopic (exact) mass is 387 g/mol. The highest BCUT2D eigenvalue weighted by Crippen LogP contribution is 2.28. The first-order valence-electron chi connectivity index (χ1n) is 8.67. The van der Waals surface area contributed by atoms with Gasteiger partial charge in [0.25, 0.3) is 5.91 Å². The zero-order valence-corrected chi connectivity index (χ0v) is 15.9. The lowest BCUT2D eigenvalue weighted by Gasteiger charge is -2.09. The molecule has 0 bridgehead atoms. The molecule has 7 heteroatoms. The van der Waals surface area contributed by atoms with Crippen LogP contribution < -0.4 is 5.32 Å². The molecule has 6 nitrogen and oxygen atoms in total. The Bertz CT molecular complexity index is 1100. The lowest BCUT2D eigenvalue weighted by atomic mass is 10.2. The highest BCUT2D eigenvalue weighted by atomic mass is 32.2. The molecule has 1 amide bonds. The van der Waals surface area contributed by atoms with Crippen molar-refractivity contribution < 1.29 is 4.79 Å². The van der Waals surface area contributed by atoms with Crippen LogP contribution >= 0.6 is 11.8 Å². The highest BCUT2D eigenvalue weighted by molar-refractivity contribution is 7.99. The fourth-order valence-electron chi connectivity index (χ4n) is 2.64. The second kappa shape index (κ2) is 8.06. The molecule has 28 heavy (non-hydrogen) atoms. The number of para-hydroxylation sites is 1. The van der Waals surface area contributed by atoms with Crippen LogP contribution in [0.25, 0.3) is 5.69 Å². The largest absolute Gasteiger partial charge is 0.320 e. The number of rotatable bonds is 5. The maximum atomic E-state index is 12.6. The molecule has 1 N–H and O–H groups in total. The topological polar surface area (TPSA) is 72.7 Å². The molecule has 2 heterocycles. The van der Waals surface area contributed by atoms with Crippen molar-refractivity contribution in [2.45, 2.75) is 17.0 Å². The Morgan fingerprint density at radius 2 is 1.79 bits per heavy atom. The summed E-state index contributed by atoms with van der Waals surface area (Å²) < 4.78 is 1.68. The van der Waals surface area contributed by atoms with Gasteiger partial charge in [-0.15, -0.1) is 0 Å². The Kier molecular flexibility index (Phi) is 5.16. The maximum absolute atomic E-state index is 12.6.